The first-order valence-corrected chi connectivity index (χ1v) is 8.76. The summed E-state index contributed by atoms with van der Waals surface area (Å²) in [5.74, 6) is -0.0824. The highest BCUT2D eigenvalue weighted by Gasteiger charge is 2.27. The molecule has 0 bridgehead atoms. The normalized spacial score (nSPS) is 15.1. The molecule has 0 unspecified atom stereocenters. The third-order valence-electron chi connectivity index (χ3n) is 4.35. The lowest BCUT2D eigenvalue weighted by Crippen LogP contribution is -2.40. The number of hydrogen-bond acceptors (Lipinski definition) is 2. The van der Waals surface area contributed by atoms with E-state index in [1.165, 1.54) is 25.0 Å². The van der Waals surface area contributed by atoms with Crippen LogP contribution in [0.5, 0.6) is 0 Å². The van der Waals surface area contributed by atoms with Gasteiger partial charge in [-0.15, -0.1) is 0 Å². The number of thiophene rings is 1. The fourth-order valence-corrected chi connectivity index (χ4v) is 3.75. The van der Waals surface area contributed by atoms with Gasteiger partial charge in [0.2, 0.25) is 0 Å². The molecule has 0 spiro atoms. The van der Waals surface area contributed by atoms with Crippen molar-refractivity contribution in [3.05, 3.63) is 58.0 Å². The van der Waals surface area contributed by atoms with E-state index in [9.17, 15) is 9.18 Å². The maximum absolute atomic E-state index is 13.0. The van der Waals surface area contributed by atoms with Gasteiger partial charge in [-0.05, 0) is 48.4 Å². The maximum atomic E-state index is 13.0. The summed E-state index contributed by atoms with van der Waals surface area (Å²) >= 11 is 1.55. The van der Waals surface area contributed by atoms with Crippen molar-refractivity contribution >= 4 is 17.2 Å². The Kier molecular flexibility index (Phi) is 4.88. The first-order chi connectivity index (χ1) is 10.7. The Morgan fingerprint density at radius 3 is 2.55 bits per heavy atom. The number of nitrogens with zero attached hydrogens (tertiary/aromatic N) is 1. The molecule has 4 heteroatoms. The summed E-state index contributed by atoms with van der Waals surface area (Å²) in [4.78, 5) is 14.8. The second-order valence-corrected chi connectivity index (χ2v) is 6.61. The molecular weight excluding hydrogens is 297 g/mol. The standard InChI is InChI=1S/C18H20FNOS/c19-16-7-5-14(6-8-16)9-11-20(17-3-1-2-4-17)18(21)15-10-12-22-13-15/h5-8,10,12-13,17H,1-4,9,11H2. The van der Waals surface area contributed by atoms with Crippen LogP contribution in [-0.2, 0) is 6.42 Å². The molecule has 2 nitrogen and oxygen atoms in total. The number of amides is 1. The van der Waals surface area contributed by atoms with Gasteiger partial charge in [0, 0.05) is 18.0 Å². The van der Waals surface area contributed by atoms with Crippen LogP contribution >= 0.6 is 11.3 Å². The lowest BCUT2D eigenvalue weighted by Gasteiger charge is -2.29. The van der Waals surface area contributed by atoms with Crippen LogP contribution in [0.15, 0.2) is 41.1 Å². The highest BCUT2D eigenvalue weighted by atomic mass is 32.1. The molecule has 1 saturated carbocycles. The smallest absolute Gasteiger partial charge is 0.254 e. The number of carbonyl (C=O) groups is 1. The summed E-state index contributed by atoms with van der Waals surface area (Å²) in [6, 6.07) is 8.82. The molecule has 1 amide bonds. The topological polar surface area (TPSA) is 20.3 Å². The van der Waals surface area contributed by atoms with E-state index >= 15 is 0 Å². The molecule has 0 saturated heterocycles. The van der Waals surface area contributed by atoms with Gasteiger partial charge in [0.15, 0.2) is 0 Å². The third kappa shape index (κ3) is 3.55. The monoisotopic (exact) mass is 317 g/mol. The van der Waals surface area contributed by atoms with Crippen molar-refractivity contribution in [2.75, 3.05) is 6.54 Å². The number of hydrogen-bond donors (Lipinski definition) is 0. The molecule has 1 aromatic heterocycles. The Labute approximate surface area is 134 Å². The third-order valence-corrected chi connectivity index (χ3v) is 5.03. The molecule has 1 heterocycles. The van der Waals surface area contributed by atoms with Crippen LogP contribution < -0.4 is 0 Å². The van der Waals surface area contributed by atoms with Crippen LogP contribution in [0.1, 0.15) is 41.6 Å². The van der Waals surface area contributed by atoms with Crippen molar-refractivity contribution in [3.63, 3.8) is 0 Å². The van der Waals surface area contributed by atoms with Crippen LogP contribution in [0.2, 0.25) is 0 Å². The quantitative estimate of drug-likeness (QED) is 0.794. The second-order valence-electron chi connectivity index (χ2n) is 5.83. The van der Waals surface area contributed by atoms with E-state index in [2.05, 4.69) is 0 Å². The van der Waals surface area contributed by atoms with E-state index in [4.69, 9.17) is 0 Å². The molecule has 0 aliphatic heterocycles. The molecule has 3 rings (SSSR count). The number of halogens is 1. The van der Waals surface area contributed by atoms with E-state index < -0.39 is 0 Å². The zero-order valence-corrected chi connectivity index (χ0v) is 13.3. The van der Waals surface area contributed by atoms with Gasteiger partial charge in [-0.2, -0.15) is 11.3 Å². The number of rotatable bonds is 5. The minimum Gasteiger partial charge on any atom is -0.335 e. The minimum absolute atomic E-state index is 0.135. The molecule has 116 valence electrons. The SMILES string of the molecule is O=C(c1ccsc1)N(CCc1ccc(F)cc1)C1CCCC1. The van der Waals surface area contributed by atoms with Gasteiger partial charge in [-0.1, -0.05) is 25.0 Å². The predicted molar refractivity (Wildman–Crippen MR) is 87.7 cm³/mol. The van der Waals surface area contributed by atoms with Crippen LogP contribution in [-0.4, -0.2) is 23.4 Å². The van der Waals surface area contributed by atoms with Crippen LogP contribution in [0.3, 0.4) is 0 Å². The molecule has 1 aliphatic carbocycles. The van der Waals surface area contributed by atoms with Crippen molar-refractivity contribution in [1.29, 1.82) is 0 Å². The molecule has 1 aromatic carbocycles. The molecule has 1 aliphatic rings. The van der Waals surface area contributed by atoms with E-state index in [0.717, 1.165) is 30.4 Å². The lowest BCUT2D eigenvalue weighted by atomic mass is 10.1. The largest absolute Gasteiger partial charge is 0.335 e. The average molecular weight is 317 g/mol. The molecule has 0 radical (unpaired) electrons. The van der Waals surface area contributed by atoms with Gasteiger partial charge in [0.25, 0.3) is 5.91 Å². The maximum Gasteiger partial charge on any atom is 0.254 e. The zero-order chi connectivity index (χ0) is 15.4. The lowest BCUT2D eigenvalue weighted by molar-refractivity contribution is 0.0684. The van der Waals surface area contributed by atoms with E-state index in [1.54, 1.807) is 23.5 Å². The van der Waals surface area contributed by atoms with Crippen molar-refractivity contribution < 1.29 is 9.18 Å². The van der Waals surface area contributed by atoms with Gasteiger partial charge in [0.05, 0.1) is 5.56 Å². The zero-order valence-electron chi connectivity index (χ0n) is 12.5. The van der Waals surface area contributed by atoms with Gasteiger partial charge < -0.3 is 4.90 Å². The summed E-state index contributed by atoms with van der Waals surface area (Å²) in [5, 5.41) is 3.86. The molecule has 0 N–H and O–H groups in total. The summed E-state index contributed by atoms with van der Waals surface area (Å²) in [6.07, 6.45) is 5.37. The summed E-state index contributed by atoms with van der Waals surface area (Å²) in [7, 11) is 0. The van der Waals surface area contributed by atoms with Crippen molar-refractivity contribution in [2.24, 2.45) is 0 Å². The Balaban J connectivity index is 1.71. The first-order valence-electron chi connectivity index (χ1n) is 7.81. The average Bonchev–Trinajstić information content (AvgIpc) is 3.22. The van der Waals surface area contributed by atoms with Gasteiger partial charge in [-0.3, -0.25) is 4.79 Å². The van der Waals surface area contributed by atoms with Crippen molar-refractivity contribution in [2.45, 2.75) is 38.1 Å². The summed E-state index contributed by atoms with van der Waals surface area (Å²) in [5.41, 5.74) is 1.86. The summed E-state index contributed by atoms with van der Waals surface area (Å²) < 4.78 is 13.0. The van der Waals surface area contributed by atoms with E-state index in [1.807, 2.05) is 21.7 Å². The van der Waals surface area contributed by atoms with Gasteiger partial charge >= 0.3 is 0 Å². The Hall–Kier alpha value is -1.68. The molecule has 2 aromatic rings. The van der Waals surface area contributed by atoms with Crippen molar-refractivity contribution in [1.82, 2.24) is 4.90 Å². The summed E-state index contributed by atoms with van der Waals surface area (Å²) in [6.45, 7) is 0.699. The highest BCUT2D eigenvalue weighted by Crippen LogP contribution is 2.25. The van der Waals surface area contributed by atoms with E-state index in [-0.39, 0.29) is 11.7 Å². The Morgan fingerprint density at radius 2 is 1.91 bits per heavy atom. The van der Waals surface area contributed by atoms with E-state index in [0.29, 0.717) is 12.6 Å². The number of carbonyl (C=O) groups excluding carboxylic acids is 1. The highest BCUT2D eigenvalue weighted by molar-refractivity contribution is 7.08. The predicted octanol–water partition coefficient (Wildman–Crippen LogP) is 4.51. The first kappa shape index (κ1) is 15.2. The second kappa shape index (κ2) is 7.05. The van der Waals surface area contributed by atoms with Gasteiger partial charge in [0.1, 0.15) is 5.82 Å². The van der Waals surface area contributed by atoms with Crippen molar-refractivity contribution in [3.8, 4) is 0 Å². The Bertz CT molecular complexity index is 603. The van der Waals surface area contributed by atoms with Crippen LogP contribution in [0.25, 0.3) is 0 Å². The molecule has 1 fully saturated rings. The fraction of sp³-hybridized carbons (Fsp3) is 0.389. The Morgan fingerprint density at radius 1 is 1.18 bits per heavy atom. The molecule has 22 heavy (non-hydrogen) atoms. The molecular formula is C18H20FNOS. The fourth-order valence-electron chi connectivity index (χ4n) is 3.12. The van der Waals surface area contributed by atoms with Crippen LogP contribution in [0.4, 0.5) is 4.39 Å². The van der Waals surface area contributed by atoms with Crippen LogP contribution in [0, 0.1) is 5.82 Å². The number of benzene rings is 1. The minimum atomic E-state index is -0.217. The molecule has 0 atom stereocenters. The van der Waals surface area contributed by atoms with Gasteiger partial charge in [-0.25, -0.2) is 4.39 Å².